The summed E-state index contributed by atoms with van der Waals surface area (Å²) in [5, 5.41) is 7.26. The Morgan fingerprint density at radius 3 is 2.84 bits per heavy atom. The van der Waals surface area contributed by atoms with Crippen LogP contribution in [0.2, 0.25) is 0 Å². The number of nitrogens with one attached hydrogen (secondary N) is 2. The van der Waals surface area contributed by atoms with E-state index in [1.165, 1.54) is 5.56 Å². The molecule has 19 heavy (non-hydrogen) atoms. The lowest BCUT2D eigenvalue weighted by Crippen LogP contribution is -2.43. The quantitative estimate of drug-likeness (QED) is 0.860. The maximum atomic E-state index is 4.48. The summed E-state index contributed by atoms with van der Waals surface area (Å²) >= 11 is 0. The molecule has 0 amide bonds. The summed E-state index contributed by atoms with van der Waals surface area (Å²) in [6.07, 6.45) is 3.99. The van der Waals surface area contributed by atoms with Gasteiger partial charge in [0, 0.05) is 25.4 Å². The van der Waals surface area contributed by atoms with Crippen LogP contribution in [0.5, 0.6) is 0 Å². The van der Waals surface area contributed by atoms with Crippen LogP contribution in [0.4, 0.5) is 0 Å². The van der Waals surface area contributed by atoms with Gasteiger partial charge in [0.1, 0.15) is 5.82 Å². The molecule has 2 aliphatic rings. The van der Waals surface area contributed by atoms with E-state index in [9.17, 15) is 0 Å². The number of benzene rings is 1. The highest BCUT2D eigenvalue weighted by molar-refractivity contribution is 5.94. The number of allylic oxidation sites excluding steroid dienone is 1. The molecule has 5 heteroatoms. The Balaban J connectivity index is 1.74. The second-order valence-electron chi connectivity index (χ2n) is 4.66. The minimum Gasteiger partial charge on any atom is -0.366 e. The fourth-order valence-electron chi connectivity index (χ4n) is 2.12. The van der Waals surface area contributed by atoms with Crippen molar-refractivity contribution in [3.63, 3.8) is 0 Å². The Kier molecular flexibility index (Phi) is 2.97. The van der Waals surface area contributed by atoms with Crippen LogP contribution in [0.3, 0.4) is 0 Å². The molecule has 0 saturated carbocycles. The fourth-order valence-corrected chi connectivity index (χ4v) is 2.12. The van der Waals surface area contributed by atoms with Crippen LogP contribution in [-0.4, -0.2) is 22.8 Å². The molecule has 0 radical (unpaired) electrons. The van der Waals surface area contributed by atoms with Crippen molar-refractivity contribution >= 4 is 5.71 Å². The number of fused-ring (bicyclic) bond motifs is 1. The first kappa shape index (κ1) is 11.8. The predicted molar refractivity (Wildman–Crippen MR) is 75.3 cm³/mol. The average Bonchev–Trinajstić information content (AvgIpc) is 2.77. The highest BCUT2D eigenvalue weighted by Gasteiger charge is 2.24. The van der Waals surface area contributed by atoms with E-state index in [0.717, 1.165) is 23.9 Å². The monoisotopic (exact) mass is 255 g/mol. The molecule has 0 atom stereocenters. The SMILES string of the molecule is CC1=NC2=CN(C)NN2C(NCc2ccccc2)=C1. The zero-order chi connectivity index (χ0) is 13.2. The van der Waals surface area contributed by atoms with Crippen LogP contribution < -0.4 is 10.9 Å². The molecule has 3 rings (SSSR count). The van der Waals surface area contributed by atoms with E-state index < -0.39 is 0 Å². The molecule has 0 aromatic heterocycles. The molecule has 0 aliphatic carbocycles. The van der Waals surface area contributed by atoms with Gasteiger partial charge in [-0.3, -0.25) is 5.01 Å². The molecule has 2 N–H and O–H groups in total. The Morgan fingerprint density at radius 2 is 2.05 bits per heavy atom. The van der Waals surface area contributed by atoms with Gasteiger partial charge in [0.2, 0.25) is 0 Å². The maximum Gasteiger partial charge on any atom is 0.168 e. The summed E-state index contributed by atoms with van der Waals surface area (Å²) < 4.78 is 0. The Morgan fingerprint density at radius 1 is 1.26 bits per heavy atom. The minimum absolute atomic E-state index is 0.787. The number of hydrazine groups is 2. The van der Waals surface area contributed by atoms with Gasteiger partial charge in [-0.15, -0.1) is 5.53 Å². The summed E-state index contributed by atoms with van der Waals surface area (Å²) in [5.74, 6) is 1.91. The standard InChI is InChI=1S/C14H17N5/c1-11-8-13(15-9-12-6-4-3-5-7-12)19-14(16-11)10-18(2)17-19/h3-8,10,15,17H,9H2,1-2H3. The van der Waals surface area contributed by atoms with Crippen LogP contribution >= 0.6 is 0 Å². The molecule has 0 spiro atoms. The van der Waals surface area contributed by atoms with Crippen molar-refractivity contribution in [3.8, 4) is 0 Å². The van der Waals surface area contributed by atoms with Crippen LogP contribution in [0.15, 0.2) is 59.2 Å². The van der Waals surface area contributed by atoms with Gasteiger partial charge in [0.15, 0.2) is 5.82 Å². The van der Waals surface area contributed by atoms with E-state index in [1.54, 1.807) is 0 Å². The first-order valence-electron chi connectivity index (χ1n) is 6.28. The maximum absolute atomic E-state index is 4.48. The summed E-state index contributed by atoms with van der Waals surface area (Å²) in [5.41, 5.74) is 5.45. The van der Waals surface area contributed by atoms with Crippen molar-refractivity contribution in [2.45, 2.75) is 13.5 Å². The van der Waals surface area contributed by atoms with Crippen molar-refractivity contribution in [2.75, 3.05) is 7.05 Å². The Labute approximate surface area is 112 Å². The first-order valence-corrected chi connectivity index (χ1v) is 6.28. The molecular formula is C14H17N5. The van der Waals surface area contributed by atoms with Gasteiger partial charge in [-0.05, 0) is 12.5 Å². The lowest BCUT2D eigenvalue weighted by molar-refractivity contribution is 0.177. The minimum atomic E-state index is 0.787. The topological polar surface area (TPSA) is 42.9 Å². The molecule has 1 aromatic carbocycles. The van der Waals surface area contributed by atoms with E-state index in [1.807, 2.05) is 54.5 Å². The second-order valence-corrected chi connectivity index (χ2v) is 4.66. The van der Waals surface area contributed by atoms with Crippen molar-refractivity contribution in [1.29, 1.82) is 0 Å². The molecule has 5 nitrogen and oxygen atoms in total. The van der Waals surface area contributed by atoms with Crippen molar-refractivity contribution in [1.82, 2.24) is 20.9 Å². The van der Waals surface area contributed by atoms with E-state index in [2.05, 4.69) is 28.0 Å². The molecular weight excluding hydrogens is 238 g/mol. The fraction of sp³-hybridized carbons (Fsp3) is 0.214. The number of hydrogen-bond donors (Lipinski definition) is 2. The second kappa shape index (κ2) is 4.78. The molecule has 2 aliphatic heterocycles. The van der Waals surface area contributed by atoms with Gasteiger partial charge in [-0.1, -0.05) is 30.3 Å². The third-order valence-corrected chi connectivity index (χ3v) is 2.99. The molecule has 0 fully saturated rings. The van der Waals surface area contributed by atoms with Gasteiger partial charge in [-0.2, -0.15) is 0 Å². The van der Waals surface area contributed by atoms with Crippen LogP contribution in [0, 0.1) is 0 Å². The molecule has 0 saturated heterocycles. The van der Waals surface area contributed by atoms with Gasteiger partial charge < -0.3 is 5.32 Å². The summed E-state index contributed by atoms with van der Waals surface area (Å²) in [6.45, 7) is 2.79. The lowest BCUT2D eigenvalue weighted by atomic mass is 10.2. The van der Waals surface area contributed by atoms with Crippen LogP contribution in [0.1, 0.15) is 12.5 Å². The van der Waals surface area contributed by atoms with E-state index in [0.29, 0.717) is 0 Å². The number of nitrogens with zero attached hydrogens (tertiary/aromatic N) is 3. The third-order valence-electron chi connectivity index (χ3n) is 2.99. The molecule has 0 bridgehead atoms. The van der Waals surface area contributed by atoms with Gasteiger partial charge >= 0.3 is 0 Å². The number of aliphatic imine (C=N–C) groups is 1. The van der Waals surface area contributed by atoms with E-state index in [4.69, 9.17) is 0 Å². The van der Waals surface area contributed by atoms with Crippen LogP contribution in [0.25, 0.3) is 0 Å². The number of rotatable bonds is 3. The smallest absolute Gasteiger partial charge is 0.168 e. The van der Waals surface area contributed by atoms with Gasteiger partial charge in [-0.25, -0.2) is 10.0 Å². The molecule has 2 heterocycles. The number of hydrogen-bond acceptors (Lipinski definition) is 5. The lowest BCUT2D eigenvalue weighted by Gasteiger charge is -2.27. The summed E-state index contributed by atoms with van der Waals surface area (Å²) in [6, 6.07) is 10.3. The zero-order valence-electron chi connectivity index (χ0n) is 11.1. The summed E-state index contributed by atoms with van der Waals surface area (Å²) in [4.78, 5) is 4.48. The van der Waals surface area contributed by atoms with Crippen LogP contribution in [-0.2, 0) is 6.54 Å². The van der Waals surface area contributed by atoms with E-state index >= 15 is 0 Å². The normalized spacial score (nSPS) is 17.7. The molecule has 1 aromatic rings. The third kappa shape index (κ3) is 2.46. The zero-order valence-corrected chi connectivity index (χ0v) is 11.1. The van der Waals surface area contributed by atoms with Gasteiger partial charge in [0.05, 0.1) is 6.20 Å². The predicted octanol–water partition coefficient (Wildman–Crippen LogP) is 1.56. The Hall–Kier alpha value is -2.27. The highest BCUT2D eigenvalue weighted by Crippen LogP contribution is 2.20. The summed E-state index contributed by atoms with van der Waals surface area (Å²) in [7, 11) is 1.95. The average molecular weight is 255 g/mol. The Bertz CT molecular complexity index is 558. The van der Waals surface area contributed by atoms with Crippen molar-refractivity contribution in [2.24, 2.45) is 4.99 Å². The largest absolute Gasteiger partial charge is 0.366 e. The molecule has 98 valence electrons. The first-order chi connectivity index (χ1) is 9.22. The van der Waals surface area contributed by atoms with Crippen molar-refractivity contribution in [3.05, 3.63) is 59.8 Å². The highest BCUT2D eigenvalue weighted by atomic mass is 15.8. The van der Waals surface area contributed by atoms with Crippen molar-refractivity contribution < 1.29 is 0 Å². The molecule has 0 unspecified atom stereocenters. The van der Waals surface area contributed by atoms with E-state index in [-0.39, 0.29) is 0 Å². The van der Waals surface area contributed by atoms with Gasteiger partial charge in [0.25, 0.3) is 0 Å².